The Balaban J connectivity index is 2.06. The van der Waals surface area contributed by atoms with Crippen LogP contribution in [0.1, 0.15) is 23.7 Å². The molecule has 1 heterocycles. The van der Waals surface area contributed by atoms with E-state index in [0.29, 0.717) is 10.6 Å². The van der Waals surface area contributed by atoms with E-state index in [0.717, 1.165) is 31.5 Å². The first kappa shape index (κ1) is 16.0. The Kier molecular flexibility index (Phi) is 4.68. The lowest BCUT2D eigenvalue weighted by Gasteiger charge is -2.31. The minimum absolute atomic E-state index is 0.116. The second-order valence-electron chi connectivity index (χ2n) is 6.03. The number of hydrogen-bond donors (Lipinski definition) is 2. The van der Waals surface area contributed by atoms with Crippen LogP contribution in [-0.4, -0.2) is 21.5 Å². The van der Waals surface area contributed by atoms with Gasteiger partial charge in [-0.15, -0.1) is 0 Å². The maximum Gasteiger partial charge on any atom is 0.185 e. The minimum atomic E-state index is -3.44. The van der Waals surface area contributed by atoms with Gasteiger partial charge in [-0.25, -0.2) is 8.42 Å². The number of piperidine rings is 1. The number of nitrogens with one attached hydrogen (secondary N) is 1. The molecule has 122 valence electrons. The third-order valence-corrected chi connectivity index (χ3v) is 6.74. The molecule has 0 radical (unpaired) electrons. The predicted octanol–water partition coefficient (Wildman–Crippen LogP) is 2.78. The number of anilines is 1. The molecule has 0 spiro atoms. The van der Waals surface area contributed by atoms with Crippen LogP contribution in [0.25, 0.3) is 0 Å². The molecule has 2 aromatic rings. The van der Waals surface area contributed by atoms with Crippen LogP contribution in [-0.2, 0) is 9.84 Å². The summed E-state index contributed by atoms with van der Waals surface area (Å²) in [5, 5.41) is 2.79. The summed E-state index contributed by atoms with van der Waals surface area (Å²) in [5.41, 5.74) is 7.24. The zero-order valence-electron chi connectivity index (χ0n) is 13.0. The Bertz CT molecular complexity index is 736. The number of nitrogens with two attached hydrogens (primary N) is 1. The SMILES string of the molecule is Nc1ccc(C(C2CCNCC2)S(=O)(=O)c2ccccc2)cc1. The fourth-order valence-corrected chi connectivity index (χ4v) is 5.42. The smallest absolute Gasteiger partial charge is 0.185 e. The lowest BCUT2D eigenvalue weighted by Crippen LogP contribution is -2.33. The second-order valence-corrected chi connectivity index (χ2v) is 8.10. The van der Waals surface area contributed by atoms with Gasteiger partial charge in [-0.05, 0) is 61.7 Å². The van der Waals surface area contributed by atoms with Gasteiger partial charge in [0, 0.05) is 5.69 Å². The van der Waals surface area contributed by atoms with E-state index in [4.69, 9.17) is 5.73 Å². The number of rotatable bonds is 4. The molecule has 0 aromatic heterocycles. The lowest BCUT2D eigenvalue weighted by molar-refractivity contribution is 0.357. The fraction of sp³-hybridized carbons (Fsp3) is 0.333. The molecule has 23 heavy (non-hydrogen) atoms. The molecule has 0 amide bonds. The molecule has 1 aliphatic heterocycles. The number of benzene rings is 2. The van der Waals surface area contributed by atoms with Gasteiger partial charge in [0.1, 0.15) is 0 Å². The lowest BCUT2D eigenvalue weighted by atomic mass is 9.90. The molecule has 2 aromatic carbocycles. The van der Waals surface area contributed by atoms with E-state index in [1.54, 1.807) is 36.4 Å². The van der Waals surface area contributed by atoms with Gasteiger partial charge in [0.15, 0.2) is 9.84 Å². The summed E-state index contributed by atoms with van der Waals surface area (Å²) in [5.74, 6) is 0.116. The van der Waals surface area contributed by atoms with E-state index in [1.807, 2.05) is 18.2 Å². The van der Waals surface area contributed by atoms with Crippen molar-refractivity contribution in [3.63, 3.8) is 0 Å². The predicted molar refractivity (Wildman–Crippen MR) is 92.8 cm³/mol. The third kappa shape index (κ3) is 3.41. The Labute approximate surface area is 137 Å². The topological polar surface area (TPSA) is 72.2 Å². The first-order chi connectivity index (χ1) is 11.1. The molecule has 1 aliphatic rings. The van der Waals surface area contributed by atoms with Gasteiger partial charge in [-0.2, -0.15) is 0 Å². The molecule has 1 fully saturated rings. The van der Waals surface area contributed by atoms with E-state index < -0.39 is 15.1 Å². The Morgan fingerprint density at radius 1 is 0.957 bits per heavy atom. The highest BCUT2D eigenvalue weighted by Crippen LogP contribution is 2.39. The summed E-state index contributed by atoms with van der Waals surface area (Å²) in [6, 6.07) is 16.0. The van der Waals surface area contributed by atoms with Gasteiger partial charge < -0.3 is 11.1 Å². The van der Waals surface area contributed by atoms with Crippen molar-refractivity contribution in [1.29, 1.82) is 0 Å². The van der Waals surface area contributed by atoms with Gasteiger partial charge in [-0.3, -0.25) is 0 Å². The standard InChI is InChI=1S/C18H22N2O2S/c19-16-8-6-14(7-9-16)18(15-10-12-20-13-11-15)23(21,22)17-4-2-1-3-5-17/h1-9,15,18,20H,10-13,19H2. The highest BCUT2D eigenvalue weighted by molar-refractivity contribution is 7.91. The molecule has 1 saturated heterocycles. The Morgan fingerprint density at radius 3 is 2.17 bits per heavy atom. The molecule has 0 bridgehead atoms. The van der Waals surface area contributed by atoms with Gasteiger partial charge >= 0.3 is 0 Å². The van der Waals surface area contributed by atoms with Crippen molar-refractivity contribution in [2.24, 2.45) is 5.92 Å². The normalized spacial score (nSPS) is 17.7. The third-order valence-electron chi connectivity index (χ3n) is 4.48. The van der Waals surface area contributed by atoms with Crippen molar-refractivity contribution < 1.29 is 8.42 Å². The van der Waals surface area contributed by atoms with Crippen LogP contribution in [0.5, 0.6) is 0 Å². The highest BCUT2D eigenvalue weighted by Gasteiger charge is 2.36. The van der Waals surface area contributed by atoms with E-state index >= 15 is 0 Å². The van der Waals surface area contributed by atoms with Crippen LogP contribution in [0, 0.1) is 5.92 Å². The summed E-state index contributed by atoms with van der Waals surface area (Å²) in [7, 11) is -3.44. The molecule has 0 saturated carbocycles. The van der Waals surface area contributed by atoms with Crippen LogP contribution in [0.4, 0.5) is 5.69 Å². The van der Waals surface area contributed by atoms with E-state index in [9.17, 15) is 8.42 Å². The summed E-state index contributed by atoms with van der Waals surface area (Å²) in [6.45, 7) is 1.72. The molecule has 3 rings (SSSR count). The van der Waals surface area contributed by atoms with Crippen molar-refractivity contribution in [3.8, 4) is 0 Å². The number of nitrogen functional groups attached to an aromatic ring is 1. The average molecular weight is 330 g/mol. The van der Waals surface area contributed by atoms with E-state index in [2.05, 4.69) is 5.32 Å². The minimum Gasteiger partial charge on any atom is -0.399 e. The van der Waals surface area contributed by atoms with Gasteiger partial charge in [0.25, 0.3) is 0 Å². The highest BCUT2D eigenvalue weighted by atomic mass is 32.2. The summed E-state index contributed by atoms with van der Waals surface area (Å²) in [4.78, 5) is 0.389. The molecule has 1 atom stereocenters. The maximum atomic E-state index is 13.3. The second kappa shape index (κ2) is 6.72. The largest absolute Gasteiger partial charge is 0.399 e. The van der Waals surface area contributed by atoms with Crippen LogP contribution in [0.2, 0.25) is 0 Å². The van der Waals surface area contributed by atoms with Crippen molar-refractivity contribution in [1.82, 2.24) is 5.32 Å². The van der Waals surface area contributed by atoms with Crippen molar-refractivity contribution in [3.05, 3.63) is 60.2 Å². The van der Waals surface area contributed by atoms with E-state index in [1.165, 1.54) is 0 Å². The first-order valence-electron chi connectivity index (χ1n) is 7.94. The van der Waals surface area contributed by atoms with E-state index in [-0.39, 0.29) is 5.92 Å². The van der Waals surface area contributed by atoms with Gasteiger partial charge in [0.2, 0.25) is 0 Å². The van der Waals surface area contributed by atoms with Gasteiger partial charge in [-0.1, -0.05) is 30.3 Å². The first-order valence-corrected chi connectivity index (χ1v) is 9.49. The zero-order valence-corrected chi connectivity index (χ0v) is 13.8. The molecular formula is C18H22N2O2S. The molecule has 0 aliphatic carbocycles. The molecule has 4 nitrogen and oxygen atoms in total. The van der Waals surface area contributed by atoms with Crippen LogP contribution >= 0.6 is 0 Å². The Morgan fingerprint density at radius 2 is 1.57 bits per heavy atom. The molecule has 5 heteroatoms. The van der Waals surface area contributed by atoms with Crippen LogP contribution < -0.4 is 11.1 Å². The fourth-order valence-electron chi connectivity index (χ4n) is 3.29. The summed E-state index contributed by atoms with van der Waals surface area (Å²) < 4.78 is 26.5. The number of hydrogen-bond acceptors (Lipinski definition) is 4. The van der Waals surface area contributed by atoms with Crippen molar-refractivity contribution in [2.45, 2.75) is 23.0 Å². The molecule has 3 N–H and O–H groups in total. The maximum absolute atomic E-state index is 13.3. The molecule has 1 unspecified atom stereocenters. The monoisotopic (exact) mass is 330 g/mol. The van der Waals surface area contributed by atoms with Crippen molar-refractivity contribution in [2.75, 3.05) is 18.8 Å². The summed E-state index contributed by atoms with van der Waals surface area (Å²) >= 11 is 0. The average Bonchev–Trinajstić information content (AvgIpc) is 2.58. The number of sulfone groups is 1. The van der Waals surface area contributed by atoms with Gasteiger partial charge in [0.05, 0.1) is 10.1 Å². The Hall–Kier alpha value is -1.85. The zero-order chi connectivity index (χ0) is 16.3. The van der Waals surface area contributed by atoms with Crippen LogP contribution in [0.15, 0.2) is 59.5 Å². The van der Waals surface area contributed by atoms with Crippen LogP contribution in [0.3, 0.4) is 0 Å². The quantitative estimate of drug-likeness (QED) is 0.846. The van der Waals surface area contributed by atoms with Crippen molar-refractivity contribution >= 4 is 15.5 Å². The molecular weight excluding hydrogens is 308 g/mol. The summed E-state index contributed by atoms with van der Waals surface area (Å²) in [6.07, 6.45) is 1.72.